The van der Waals surface area contributed by atoms with Gasteiger partial charge in [-0.2, -0.15) is 10.4 Å². The molecule has 4 aromatic rings. The normalized spacial score (nSPS) is 10.8. The molecule has 0 bridgehead atoms. The van der Waals surface area contributed by atoms with Gasteiger partial charge < -0.3 is 19.7 Å². The van der Waals surface area contributed by atoms with Crippen LogP contribution in [0, 0.1) is 18.3 Å². The van der Waals surface area contributed by atoms with Crippen LogP contribution in [0.15, 0.2) is 67.0 Å². The highest BCUT2D eigenvalue weighted by Gasteiger charge is 2.18. The van der Waals surface area contributed by atoms with E-state index in [9.17, 15) is 10.1 Å². The predicted octanol–water partition coefficient (Wildman–Crippen LogP) is 6.33. The van der Waals surface area contributed by atoms with Crippen molar-refractivity contribution in [3.63, 3.8) is 0 Å². The Hall–Kier alpha value is -4.55. The highest BCUT2D eigenvalue weighted by Crippen LogP contribution is 2.33. The molecule has 0 aliphatic rings. The molecule has 2 heterocycles. The zero-order chi connectivity index (χ0) is 26.9. The Labute approximate surface area is 222 Å². The van der Waals surface area contributed by atoms with E-state index in [1.54, 1.807) is 10.7 Å². The fraction of sp³-hybridized carbons (Fsp3) is 0.276. The topological polar surface area (TPSA) is 104 Å². The fourth-order valence-corrected chi connectivity index (χ4v) is 4.14. The van der Waals surface area contributed by atoms with Crippen molar-refractivity contribution in [3.8, 4) is 17.6 Å². The van der Waals surface area contributed by atoms with E-state index in [-0.39, 0.29) is 0 Å². The average Bonchev–Trinajstić information content (AvgIpc) is 3.25. The lowest BCUT2D eigenvalue weighted by atomic mass is 10.1. The van der Waals surface area contributed by atoms with Gasteiger partial charge in [0.15, 0.2) is 0 Å². The Kier molecular flexibility index (Phi) is 8.80. The molecular formula is C29H32N6O3. The first-order chi connectivity index (χ1) is 18.5. The largest absolute Gasteiger partial charge is 0.457 e. The Balaban J connectivity index is 1.48. The molecule has 0 fully saturated rings. The van der Waals surface area contributed by atoms with Crippen molar-refractivity contribution in [2.45, 2.75) is 27.2 Å². The summed E-state index contributed by atoms with van der Waals surface area (Å²) < 4.78 is 12.9. The number of aromatic nitrogens is 2. The van der Waals surface area contributed by atoms with E-state index in [0.717, 1.165) is 43.1 Å². The third kappa shape index (κ3) is 6.41. The number of nitriles is 1. The van der Waals surface area contributed by atoms with Crippen LogP contribution in [0.1, 0.15) is 31.4 Å². The van der Waals surface area contributed by atoms with Gasteiger partial charge in [0.2, 0.25) is 0 Å². The van der Waals surface area contributed by atoms with Crippen LogP contribution in [0.4, 0.5) is 21.9 Å². The second-order valence-corrected chi connectivity index (χ2v) is 8.71. The maximum atomic E-state index is 12.4. The number of ether oxygens (including phenoxy) is 2. The van der Waals surface area contributed by atoms with E-state index in [1.165, 1.54) is 6.20 Å². The standard InChI is InChI=1S/C29H32N6O3/c1-4-34(5-2)16-9-17-37-29(36)33-26-20-35-28(21(26)3)27(22(18-30)19-31-35)32-23-12-14-25(15-13-23)38-24-10-7-6-8-11-24/h6-8,10-15,19-20,32H,4-5,9,16-17H2,1-3H3,(H,33,36). The van der Waals surface area contributed by atoms with Crippen LogP contribution in [0.25, 0.3) is 5.52 Å². The maximum Gasteiger partial charge on any atom is 0.411 e. The zero-order valence-corrected chi connectivity index (χ0v) is 21.9. The van der Waals surface area contributed by atoms with Crippen LogP contribution in [-0.4, -0.2) is 46.8 Å². The summed E-state index contributed by atoms with van der Waals surface area (Å²) in [6, 6.07) is 19.2. The van der Waals surface area contributed by atoms with Gasteiger partial charge in [0.1, 0.15) is 17.6 Å². The number of hydrogen-bond acceptors (Lipinski definition) is 7. The van der Waals surface area contributed by atoms with Crippen LogP contribution < -0.4 is 15.4 Å². The van der Waals surface area contributed by atoms with Gasteiger partial charge in [0.25, 0.3) is 0 Å². The van der Waals surface area contributed by atoms with E-state index in [1.807, 2.05) is 61.5 Å². The van der Waals surface area contributed by atoms with Crippen molar-refractivity contribution in [2.75, 3.05) is 36.9 Å². The van der Waals surface area contributed by atoms with Crippen LogP contribution in [0.5, 0.6) is 11.5 Å². The van der Waals surface area contributed by atoms with Crippen molar-refractivity contribution in [1.29, 1.82) is 5.26 Å². The number of carbonyl (C=O) groups is 1. The van der Waals surface area contributed by atoms with Gasteiger partial charge in [0, 0.05) is 17.8 Å². The number of aryl methyl sites for hydroxylation is 1. The molecule has 0 atom stereocenters. The van der Waals surface area contributed by atoms with E-state index in [0.29, 0.717) is 34.8 Å². The SMILES string of the molecule is CCN(CC)CCCOC(=O)Nc1cn2ncc(C#N)c(Nc3ccc(Oc4ccccc4)cc3)c2c1C. The number of para-hydroxylation sites is 1. The van der Waals surface area contributed by atoms with Crippen LogP contribution in [-0.2, 0) is 4.74 Å². The molecular weight excluding hydrogens is 480 g/mol. The number of amides is 1. The second kappa shape index (κ2) is 12.6. The molecule has 38 heavy (non-hydrogen) atoms. The van der Waals surface area contributed by atoms with E-state index in [4.69, 9.17) is 9.47 Å². The minimum atomic E-state index is -0.521. The van der Waals surface area contributed by atoms with Gasteiger partial charge >= 0.3 is 6.09 Å². The number of nitrogens with one attached hydrogen (secondary N) is 2. The molecule has 4 rings (SSSR count). The summed E-state index contributed by atoms with van der Waals surface area (Å²) in [6.07, 6.45) is 3.46. The van der Waals surface area contributed by atoms with Crippen LogP contribution in [0.3, 0.4) is 0 Å². The second-order valence-electron chi connectivity index (χ2n) is 8.71. The number of carbonyl (C=O) groups excluding carboxylic acids is 1. The van der Waals surface area contributed by atoms with Crippen molar-refractivity contribution in [3.05, 3.63) is 78.1 Å². The smallest absolute Gasteiger partial charge is 0.411 e. The number of fused-ring (bicyclic) bond motifs is 1. The molecule has 9 nitrogen and oxygen atoms in total. The van der Waals surface area contributed by atoms with Crippen molar-refractivity contribution < 1.29 is 14.3 Å². The minimum absolute atomic E-state index is 0.336. The Morgan fingerprint density at radius 2 is 1.79 bits per heavy atom. The number of benzene rings is 2. The van der Waals surface area contributed by atoms with Gasteiger partial charge in [0.05, 0.1) is 41.5 Å². The van der Waals surface area contributed by atoms with Gasteiger partial charge in [-0.1, -0.05) is 32.0 Å². The summed E-state index contributed by atoms with van der Waals surface area (Å²) in [6.45, 7) is 9.25. The summed E-state index contributed by atoms with van der Waals surface area (Å²) in [4.78, 5) is 14.7. The Bertz CT molecular complexity index is 1410. The molecule has 0 aliphatic carbocycles. The third-order valence-electron chi connectivity index (χ3n) is 6.26. The zero-order valence-electron chi connectivity index (χ0n) is 21.9. The first kappa shape index (κ1) is 26.5. The lowest BCUT2D eigenvalue weighted by molar-refractivity contribution is 0.153. The number of rotatable bonds is 11. The van der Waals surface area contributed by atoms with Gasteiger partial charge in [-0.05, 0) is 62.8 Å². The molecule has 0 saturated carbocycles. The molecule has 0 unspecified atom stereocenters. The maximum absolute atomic E-state index is 12.4. The van der Waals surface area contributed by atoms with Crippen LogP contribution in [0.2, 0.25) is 0 Å². The third-order valence-corrected chi connectivity index (χ3v) is 6.26. The number of anilines is 3. The first-order valence-corrected chi connectivity index (χ1v) is 12.7. The summed E-state index contributed by atoms with van der Waals surface area (Å²) in [5.74, 6) is 1.45. The highest BCUT2D eigenvalue weighted by molar-refractivity contribution is 5.92. The lowest BCUT2D eigenvalue weighted by Gasteiger charge is -2.17. The molecule has 2 aromatic heterocycles. The summed E-state index contributed by atoms with van der Waals surface area (Å²) >= 11 is 0. The van der Waals surface area contributed by atoms with Crippen molar-refractivity contribution >= 4 is 28.7 Å². The predicted molar refractivity (Wildman–Crippen MR) is 148 cm³/mol. The fourth-order valence-electron chi connectivity index (χ4n) is 4.14. The quantitative estimate of drug-likeness (QED) is 0.226. The highest BCUT2D eigenvalue weighted by atomic mass is 16.5. The monoisotopic (exact) mass is 512 g/mol. The lowest BCUT2D eigenvalue weighted by Crippen LogP contribution is -2.25. The summed E-state index contributed by atoms with van der Waals surface area (Å²) in [5.41, 5.74) is 3.77. The molecule has 196 valence electrons. The first-order valence-electron chi connectivity index (χ1n) is 12.7. The Morgan fingerprint density at radius 3 is 2.47 bits per heavy atom. The van der Waals surface area contributed by atoms with Gasteiger partial charge in [-0.15, -0.1) is 0 Å². The van der Waals surface area contributed by atoms with Crippen molar-refractivity contribution in [1.82, 2.24) is 14.5 Å². The summed E-state index contributed by atoms with van der Waals surface area (Å²) in [7, 11) is 0. The van der Waals surface area contributed by atoms with Crippen LogP contribution >= 0.6 is 0 Å². The van der Waals surface area contributed by atoms with E-state index >= 15 is 0 Å². The van der Waals surface area contributed by atoms with E-state index in [2.05, 4.69) is 40.5 Å². The molecule has 9 heteroatoms. The molecule has 2 aromatic carbocycles. The van der Waals surface area contributed by atoms with Gasteiger partial charge in [-0.25, -0.2) is 9.31 Å². The Morgan fingerprint density at radius 1 is 1.08 bits per heavy atom. The molecule has 0 saturated heterocycles. The summed E-state index contributed by atoms with van der Waals surface area (Å²) in [5, 5.41) is 20.3. The molecule has 2 N–H and O–H groups in total. The molecule has 0 radical (unpaired) electrons. The molecule has 0 aliphatic heterocycles. The van der Waals surface area contributed by atoms with Crippen molar-refractivity contribution in [2.24, 2.45) is 0 Å². The molecule has 1 amide bonds. The number of hydrogen-bond donors (Lipinski definition) is 2. The van der Waals surface area contributed by atoms with Gasteiger partial charge in [-0.3, -0.25) is 5.32 Å². The molecule has 0 spiro atoms. The minimum Gasteiger partial charge on any atom is -0.457 e. The van der Waals surface area contributed by atoms with E-state index < -0.39 is 6.09 Å². The number of nitrogens with zero attached hydrogens (tertiary/aromatic N) is 4. The average molecular weight is 513 g/mol.